The third-order valence-corrected chi connectivity index (χ3v) is 8.75. The summed E-state index contributed by atoms with van der Waals surface area (Å²) >= 11 is 0.508. The molecule has 0 aromatic heterocycles. The zero-order chi connectivity index (χ0) is 27.5. The molecule has 0 heterocycles. The van der Waals surface area contributed by atoms with Gasteiger partial charge in [0.25, 0.3) is 0 Å². The molecule has 0 bridgehead atoms. The van der Waals surface area contributed by atoms with Gasteiger partial charge in [-0.3, -0.25) is 5.04 Å². The maximum Gasteiger partial charge on any atom is 1.00 e. The number of phenols is 1. The molecule has 0 aliphatic carbocycles. The van der Waals surface area contributed by atoms with Gasteiger partial charge in [0.1, 0.15) is 27.4 Å². The number of hydrogen-bond donors (Lipinski definition) is 1. The van der Waals surface area contributed by atoms with E-state index in [1.807, 2.05) is 0 Å². The number of ether oxygens (including phenoxy) is 1. The Balaban J connectivity index is 0.00000280. The molecule has 40 heavy (non-hydrogen) atoms. The molecule has 0 aliphatic rings. The van der Waals surface area contributed by atoms with Crippen LogP contribution in [0.15, 0.2) is 105 Å². The van der Waals surface area contributed by atoms with Gasteiger partial charge in [-0.15, -0.1) is 0 Å². The Hall–Kier alpha value is -1.43. The fourth-order valence-electron chi connectivity index (χ4n) is 3.46. The van der Waals surface area contributed by atoms with Crippen molar-refractivity contribution in [1.82, 2.24) is 0 Å². The predicted molar refractivity (Wildman–Crippen MR) is 133 cm³/mol. The molecule has 0 aliphatic heterocycles. The summed E-state index contributed by atoms with van der Waals surface area (Å²) in [5.41, 5.74) is 2.20. The van der Waals surface area contributed by atoms with Crippen molar-refractivity contribution in [1.29, 1.82) is 0 Å². The average molecular weight is 621 g/mol. The van der Waals surface area contributed by atoms with Crippen molar-refractivity contribution in [2.24, 2.45) is 0 Å². The Labute approximate surface area is 279 Å². The minimum Gasteiger partial charge on any atom is -0.744 e. The van der Waals surface area contributed by atoms with Gasteiger partial charge in [-0.05, 0) is 78.2 Å². The normalized spacial score (nSPS) is 11.3. The van der Waals surface area contributed by atoms with Crippen LogP contribution in [0.2, 0.25) is 0 Å². The summed E-state index contributed by atoms with van der Waals surface area (Å²) in [5, 5.41) is 22.9. The van der Waals surface area contributed by atoms with Crippen LogP contribution < -0.4 is 69.1 Å². The van der Waals surface area contributed by atoms with Gasteiger partial charge in [0, 0.05) is 4.90 Å². The van der Waals surface area contributed by atoms with Crippen molar-refractivity contribution < 1.29 is 105 Å². The van der Waals surface area contributed by atoms with E-state index in [0.29, 0.717) is 17.6 Å². The second kappa shape index (κ2) is 14.6. The minimum absolute atomic E-state index is 0. The first-order valence-electron chi connectivity index (χ1n) is 10.7. The van der Waals surface area contributed by atoms with Crippen molar-refractivity contribution in [3.8, 4) is 28.4 Å². The number of rotatable bonds is 9. The predicted octanol–water partition coefficient (Wildman–Crippen LogP) is -1.86. The molecule has 0 saturated carbocycles. The third-order valence-electron chi connectivity index (χ3n) is 5.40. The quantitative estimate of drug-likeness (QED) is 0.0734. The number of hydrogen-bond acceptors (Lipinski definition) is 11. The number of phenolic OH excluding ortho intramolecular Hbond substituents is 1. The van der Waals surface area contributed by atoms with Gasteiger partial charge in [-0.2, -0.15) is 4.33 Å². The van der Waals surface area contributed by atoms with Crippen LogP contribution in [-0.2, 0) is 29.3 Å². The summed E-state index contributed by atoms with van der Waals surface area (Å²) in [4.78, 5) is -1.27. The van der Waals surface area contributed by atoms with E-state index >= 15 is 0 Å². The number of aryl methyl sites for hydroxylation is 1. The fraction of sp³-hybridized carbons (Fsp3) is 0.0400. The average Bonchev–Trinajstić information content (AvgIpc) is 2.88. The van der Waals surface area contributed by atoms with Crippen LogP contribution >= 0.6 is 12.0 Å². The summed E-state index contributed by atoms with van der Waals surface area (Å²) < 4.78 is 72.4. The monoisotopic (exact) mass is 620 g/mol. The van der Waals surface area contributed by atoms with E-state index in [9.17, 15) is 31.8 Å². The largest absolute Gasteiger partial charge is 1.00 e. The summed E-state index contributed by atoms with van der Waals surface area (Å²) in [7, 11) is -9.42. The molecule has 4 aromatic carbocycles. The van der Waals surface area contributed by atoms with Crippen LogP contribution in [0.5, 0.6) is 17.2 Å². The summed E-state index contributed by atoms with van der Waals surface area (Å²) in [5.74, 6) is -0.0265. The second-order valence-electron chi connectivity index (χ2n) is 7.89. The van der Waals surface area contributed by atoms with Gasteiger partial charge < -0.3 is 19.7 Å². The van der Waals surface area contributed by atoms with Gasteiger partial charge >= 0.3 is 59.1 Å². The van der Waals surface area contributed by atoms with E-state index in [1.165, 1.54) is 30.3 Å². The first kappa shape index (κ1) is 34.8. The topological polar surface area (TPSA) is 162 Å². The molecule has 4 aromatic rings. The van der Waals surface area contributed by atoms with E-state index in [0.717, 1.165) is 29.3 Å². The zero-order valence-electron chi connectivity index (χ0n) is 21.4. The molecule has 0 unspecified atom stereocenters. The molecule has 0 radical (unpaired) electrons. The molecule has 0 spiro atoms. The maximum absolute atomic E-state index is 13.2. The SMILES string of the molecule is Cc1ccc(S(=O)(=O)c2ccc(Oc3ccc(-c4ccc(O)cc4)cc3)c(S(=O)(=O)[O-])c2)cc1SOO[O-].[Na+].[Na+]. The van der Waals surface area contributed by atoms with E-state index in [4.69, 9.17) is 4.74 Å². The molecule has 10 nitrogen and oxygen atoms in total. The zero-order valence-corrected chi connectivity index (χ0v) is 27.9. The molecule has 1 N–H and O–H groups in total. The maximum atomic E-state index is 13.2. The van der Waals surface area contributed by atoms with E-state index in [1.54, 1.807) is 43.3 Å². The Kier molecular flexibility index (Phi) is 12.7. The van der Waals surface area contributed by atoms with Gasteiger partial charge in [0.15, 0.2) is 0 Å². The van der Waals surface area contributed by atoms with E-state index < -0.39 is 29.7 Å². The van der Waals surface area contributed by atoms with Gasteiger partial charge in [0.2, 0.25) is 9.84 Å². The molecule has 0 saturated heterocycles. The van der Waals surface area contributed by atoms with Crippen LogP contribution in [0.4, 0.5) is 0 Å². The summed E-state index contributed by atoms with van der Waals surface area (Å²) in [6.45, 7) is 1.65. The Bertz CT molecular complexity index is 1680. The van der Waals surface area contributed by atoms with Crippen LogP contribution in [-0.4, -0.2) is 26.5 Å². The molecule has 15 heteroatoms. The fourth-order valence-corrected chi connectivity index (χ4v) is 6.02. The first-order valence-corrected chi connectivity index (χ1v) is 14.3. The van der Waals surface area contributed by atoms with Crippen molar-refractivity contribution in [3.05, 3.63) is 90.5 Å². The molecular formula is C25H18Na2O10S3. The van der Waals surface area contributed by atoms with Crippen LogP contribution in [0.1, 0.15) is 5.56 Å². The first-order chi connectivity index (χ1) is 18.0. The second-order valence-corrected chi connectivity index (χ2v) is 11.9. The molecule has 0 fully saturated rings. The van der Waals surface area contributed by atoms with Gasteiger partial charge in [-0.25, -0.2) is 16.8 Å². The molecule has 0 amide bonds. The Morgan fingerprint density at radius 1 is 0.775 bits per heavy atom. The minimum atomic E-state index is -5.14. The van der Waals surface area contributed by atoms with Crippen molar-refractivity contribution in [2.75, 3.05) is 0 Å². The summed E-state index contributed by atoms with van der Waals surface area (Å²) in [6.07, 6.45) is 0. The van der Waals surface area contributed by atoms with Crippen molar-refractivity contribution >= 4 is 32.0 Å². The van der Waals surface area contributed by atoms with Crippen molar-refractivity contribution in [3.63, 3.8) is 0 Å². The smallest absolute Gasteiger partial charge is 0.744 e. The van der Waals surface area contributed by atoms with Crippen LogP contribution in [0.3, 0.4) is 0 Å². The van der Waals surface area contributed by atoms with E-state index in [2.05, 4.69) is 9.37 Å². The van der Waals surface area contributed by atoms with E-state index in [-0.39, 0.29) is 86.2 Å². The number of aromatic hydroxyl groups is 1. The third kappa shape index (κ3) is 8.32. The Morgan fingerprint density at radius 2 is 1.32 bits per heavy atom. The van der Waals surface area contributed by atoms with Crippen molar-refractivity contribution in [2.45, 2.75) is 26.5 Å². The van der Waals surface area contributed by atoms with Gasteiger partial charge in [-0.1, -0.05) is 30.3 Å². The van der Waals surface area contributed by atoms with Gasteiger partial charge in [0.05, 0.1) is 26.7 Å². The van der Waals surface area contributed by atoms with Crippen LogP contribution in [0, 0.1) is 6.92 Å². The number of benzene rings is 4. The molecule has 4 rings (SSSR count). The number of sulfone groups is 1. The Morgan fingerprint density at radius 3 is 1.90 bits per heavy atom. The molecular weight excluding hydrogens is 602 g/mol. The molecule has 198 valence electrons. The standard InChI is InChI=1S/C25H20O10S3.2Na/c1-16-2-11-21(14-24(16)36-35-34-27)37(28,29)22-12-13-23(25(15-22)38(30,31)32)33-20-9-5-18(6-10-20)17-3-7-19(26)8-4-17;;/h2-15,26-27H,1H3,(H,30,31,32);;/q;2*+1/p-2. The summed E-state index contributed by atoms with van der Waals surface area (Å²) in [6, 6.07) is 19.9. The molecule has 0 atom stereocenters. The van der Waals surface area contributed by atoms with Crippen LogP contribution in [0.25, 0.3) is 11.1 Å².